The minimum absolute atomic E-state index is 0.221. The predicted molar refractivity (Wildman–Crippen MR) is 70.4 cm³/mol. The van der Waals surface area contributed by atoms with Gasteiger partial charge in [-0.3, -0.25) is 10.5 Å². The Bertz CT molecular complexity index is 494. The molecule has 0 amide bonds. The topological polar surface area (TPSA) is 78.0 Å². The van der Waals surface area contributed by atoms with Crippen molar-refractivity contribution in [1.82, 2.24) is 20.2 Å². The first-order chi connectivity index (χ1) is 8.69. The van der Waals surface area contributed by atoms with Crippen LogP contribution in [0, 0.1) is 0 Å². The van der Waals surface area contributed by atoms with E-state index >= 15 is 0 Å². The lowest BCUT2D eigenvalue weighted by atomic mass is 10.1. The Morgan fingerprint density at radius 2 is 2.28 bits per heavy atom. The summed E-state index contributed by atoms with van der Waals surface area (Å²) in [6.07, 6.45) is 1.70. The average molecular weight is 267 g/mol. The molecule has 2 heterocycles. The molecule has 0 radical (unpaired) electrons. The molecule has 0 aliphatic carbocycles. The van der Waals surface area contributed by atoms with Crippen LogP contribution in [0.15, 0.2) is 17.1 Å². The van der Waals surface area contributed by atoms with Gasteiger partial charge in [-0.1, -0.05) is 0 Å². The van der Waals surface area contributed by atoms with Gasteiger partial charge in [0.15, 0.2) is 5.75 Å². The molecule has 0 saturated heterocycles. The number of nitrogens with two attached hydrogens (primary N) is 1. The number of hydrazine groups is 1. The van der Waals surface area contributed by atoms with Crippen LogP contribution >= 0.6 is 11.3 Å². The third kappa shape index (κ3) is 2.24. The van der Waals surface area contributed by atoms with Gasteiger partial charge in [-0.15, -0.1) is 11.3 Å². The van der Waals surface area contributed by atoms with Crippen molar-refractivity contribution in [1.29, 1.82) is 0 Å². The molecular formula is C11H17N5OS. The smallest absolute Gasteiger partial charge is 0.162 e. The first-order valence-corrected chi connectivity index (χ1v) is 6.59. The second kappa shape index (κ2) is 5.47. The van der Waals surface area contributed by atoms with Crippen LogP contribution in [0.5, 0.6) is 5.75 Å². The van der Waals surface area contributed by atoms with Gasteiger partial charge in [-0.2, -0.15) is 5.10 Å². The van der Waals surface area contributed by atoms with Crippen molar-refractivity contribution in [3.63, 3.8) is 0 Å². The minimum Gasteiger partial charge on any atom is -0.493 e. The number of thiazole rings is 1. The van der Waals surface area contributed by atoms with Crippen LogP contribution in [0.3, 0.4) is 0 Å². The molecule has 6 nitrogen and oxygen atoms in total. The van der Waals surface area contributed by atoms with E-state index in [-0.39, 0.29) is 12.1 Å². The summed E-state index contributed by atoms with van der Waals surface area (Å²) in [6.45, 7) is 4.12. The van der Waals surface area contributed by atoms with Crippen molar-refractivity contribution in [3.8, 4) is 5.75 Å². The molecule has 98 valence electrons. The van der Waals surface area contributed by atoms with Gasteiger partial charge in [-0.05, 0) is 13.8 Å². The summed E-state index contributed by atoms with van der Waals surface area (Å²) >= 11 is 1.53. The molecule has 0 aliphatic rings. The van der Waals surface area contributed by atoms with Crippen molar-refractivity contribution >= 4 is 11.3 Å². The fourth-order valence-corrected chi connectivity index (χ4v) is 2.45. The summed E-state index contributed by atoms with van der Waals surface area (Å²) in [5.41, 5.74) is 6.31. The number of aromatic nitrogens is 3. The van der Waals surface area contributed by atoms with Crippen molar-refractivity contribution in [3.05, 3.63) is 28.5 Å². The molecule has 0 saturated carbocycles. The van der Waals surface area contributed by atoms with Crippen molar-refractivity contribution in [2.45, 2.75) is 25.9 Å². The SMILES string of the molecule is COc1cnn(C(C)C)c1C(NN)c1cscn1. The number of hydrogen-bond acceptors (Lipinski definition) is 6. The van der Waals surface area contributed by atoms with Crippen molar-refractivity contribution < 1.29 is 4.74 Å². The zero-order valence-electron chi connectivity index (χ0n) is 10.6. The van der Waals surface area contributed by atoms with Gasteiger partial charge in [0.05, 0.1) is 24.5 Å². The normalized spacial score (nSPS) is 12.9. The molecule has 1 atom stereocenters. The van der Waals surface area contributed by atoms with E-state index in [9.17, 15) is 0 Å². The molecule has 2 rings (SSSR count). The fraction of sp³-hybridized carbons (Fsp3) is 0.455. The highest BCUT2D eigenvalue weighted by atomic mass is 32.1. The van der Waals surface area contributed by atoms with Crippen molar-refractivity contribution in [2.24, 2.45) is 5.84 Å². The van der Waals surface area contributed by atoms with Crippen LogP contribution in [0.2, 0.25) is 0 Å². The van der Waals surface area contributed by atoms with Crippen molar-refractivity contribution in [2.75, 3.05) is 7.11 Å². The minimum atomic E-state index is -0.226. The van der Waals surface area contributed by atoms with E-state index in [1.54, 1.807) is 18.8 Å². The Kier molecular flexibility index (Phi) is 3.95. The Labute approximate surface area is 110 Å². The van der Waals surface area contributed by atoms with Crippen LogP contribution < -0.4 is 16.0 Å². The number of ether oxygens (including phenoxy) is 1. The second-order valence-electron chi connectivity index (χ2n) is 4.15. The molecule has 0 fully saturated rings. The van der Waals surface area contributed by atoms with E-state index in [1.807, 2.05) is 10.1 Å². The van der Waals surface area contributed by atoms with Crippen LogP contribution in [-0.2, 0) is 0 Å². The third-order valence-electron chi connectivity index (χ3n) is 2.70. The largest absolute Gasteiger partial charge is 0.493 e. The monoisotopic (exact) mass is 267 g/mol. The molecule has 0 aromatic carbocycles. The highest BCUT2D eigenvalue weighted by molar-refractivity contribution is 7.07. The first-order valence-electron chi connectivity index (χ1n) is 5.64. The molecule has 2 aromatic rings. The Hall–Kier alpha value is -1.44. The summed E-state index contributed by atoms with van der Waals surface area (Å²) in [5.74, 6) is 6.37. The van der Waals surface area contributed by atoms with Gasteiger partial charge in [0.2, 0.25) is 0 Å². The van der Waals surface area contributed by atoms with E-state index in [0.717, 1.165) is 11.4 Å². The molecular weight excluding hydrogens is 250 g/mol. The molecule has 0 spiro atoms. The average Bonchev–Trinajstić information content (AvgIpc) is 2.99. The predicted octanol–water partition coefficient (Wildman–Crippen LogP) is 1.48. The summed E-state index contributed by atoms with van der Waals surface area (Å²) < 4.78 is 7.25. The summed E-state index contributed by atoms with van der Waals surface area (Å²) in [6, 6.07) is -0.00511. The number of rotatable bonds is 5. The maximum atomic E-state index is 5.67. The molecule has 0 bridgehead atoms. The van der Waals surface area contributed by atoms with Gasteiger partial charge in [0, 0.05) is 11.4 Å². The van der Waals surface area contributed by atoms with Gasteiger partial charge in [0.25, 0.3) is 0 Å². The maximum absolute atomic E-state index is 5.67. The van der Waals surface area contributed by atoms with Gasteiger partial charge in [-0.25, -0.2) is 10.4 Å². The van der Waals surface area contributed by atoms with E-state index < -0.39 is 0 Å². The number of hydrogen-bond donors (Lipinski definition) is 2. The van der Waals surface area contributed by atoms with Gasteiger partial charge in [0.1, 0.15) is 11.7 Å². The second-order valence-corrected chi connectivity index (χ2v) is 4.87. The first kappa shape index (κ1) is 13.0. The van der Waals surface area contributed by atoms with Crippen LogP contribution in [0.1, 0.15) is 37.3 Å². The van der Waals surface area contributed by atoms with E-state index in [2.05, 4.69) is 29.4 Å². The van der Waals surface area contributed by atoms with Crippen LogP contribution in [0.25, 0.3) is 0 Å². The fourth-order valence-electron chi connectivity index (χ4n) is 1.87. The molecule has 2 aromatic heterocycles. The van der Waals surface area contributed by atoms with E-state index in [4.69, 9.17) is 10.6 Å². The lowest BCUT2D eigenvalue weighted by Crippen LogP contribution is -2.31. The quantitative estimate of drug-likeness (QED) is 0.634. The van der Waals surface area contributed by atoms with Crippen LogP contribution in [-0.4, -0.2) is 21.9 Å². The maximum Gasteiger partial charge on any atom is 0.162 e. The van der Waals surface area contributed by atoms with E-state index in [0.29, 0.717) is 5.75 Å². The third-order valence-corrected chi connectivity index (χ3v) is 3.30. The number of nitrogens with zero attached hydrogens (tertiary/aromatic N) is 3. The lowest BCUT2D eigenvalue weighted by Gasteiger charge is -2.19. The van der Waals surface area contributed by atoms with Crippen LogP contribution in [0.4, 0.5) is 0 Å². The Morgan fingerprint density at radius 1 is 1.50 bits per heavy atom. The highest BCUT2D eigenvalue weighted by Gasteiger charge is 2.25. The van der Waals surface area contributed by atoms with Gasteiger partial charge >= 0.3 is 0 Å². The standard InChI is InChI=1S/C11H17N5OS/c1-7(2)16-11(9(17-3)4-14-16)10(15-12)8-5-18-6-13-8/h4-7,10,15H,12H2,1-3H3. The van der Waals surface area contributed by atoms with Gasteiger partial charge < -0.3 is 4.74 Å². The zero-order valence-corrected chi connectivity index (χ0v) is 11.4. The lowest BCUT2D eigenvalue weighted by molar-refractivity contribution is 0.393. The Morgan fingerprint density at radius 3 is 2.78 bits per heavy atom. The number of nitrogens with one attached hydrogen (secondary N) is 1. The molecule has 0 aliphatic heterocycles. The molecule has 3 N–H and O–H groups in total. The highest BCUT2D eigenvalue weighted by Crippen LogP contribution is 2.31. The summed E-state index contributed by atoms with van der Waals surface area (Å²) in [4.78, 5) is 4.30. The van der Waals surface area contributed by atoms with E-state index in [1.165, 1.54) is 11.3 Å². The summed E-state index contributed by atoms with van der Waals surface area (Å²) in [7, 11) is 1.62. The summed E-state index contributed by atoms with van der Waals surface area (Å²) in [5, 5.41) is 6.30. The molecule has 7 heteroatoms. The molecule has 18 heavy (non-hydrogen) atoms. The zero-order chi connectivity index (χ0) is 13.1. The number of methoxy groups -OCH3 is 1. The molecule has 1 unspecified atom stereocenters. The Balaban J connectivity index is 2.50.